The van der Waals surface area contributed by atoms with E-state index in [0.29, 0.717) is 42.1 Å². The van der Waals surface area contributed by atoms with Gasteiger partial charge in [-0.05, 0) is 6.92 Å². The fourth-order valence-corrected chi connectivity index (χ4v) is 3.65. The number of thioether (sulfide) groups is 1. The molecular formula is C14H17ClN4O2S. The van der Waals surface area contributed by atoms with Crippen molar-refractivity contribution in [2.75, 3.05) is 13.2 Å². The summed E-state index contributed by atoms with van der Waals surface area (Å²) in [6.45, 7) is 4.04. The van der Waals surface area contributed by atoms with E-state index >= 15 is 0 Å². The molecule has 0 aliphatic carbocycles. The Labute approximate surface area is 137 Å². The molecule has 0 radical (unpaired) electrons. The van der Waals surface area contributed by atoms with E-state index < -0.39 is 0 Å². The predicted molar refractivity (Wildman–Crippen MR) is 85.6 cm³/mol. The standard InChI is InChI=1S/C14H17ClN4O2S/c1-2-19-8-16-12(15)11(19)7-22-14-17-10-4-6-21-5-3-9(10)13(20)18-14/h8H,2-7H2,1H3,(H,17,18,20). The van der Waals surface area contributed by atoms with Crippen molar-refractivity contribution in [3.05, 3.63) is 38.8 Å². The van der Waals surface area contributed by atoms with Crippen molar-refractivity contribution in [2.24, 2.45) is 0 Å². The highest BCUT2D eigenvalue weighted by Gasteiger charge is 2.16. The summed E-state index contributed by atoms with van der Waals surface area (Å²) in [6, 6.07) is 0. The second-order valence-electron chi connectivity index (χ2n) is 4.97. The number of halogens is 1. The number of aromatic amines is 1. The Balaban J connectivity index is 1.81. The van der Waals surface area contributed by atoms with Crippen LogP contribution in [0.5, 0.6) is 0 Å². The van der Waals surface area contributed by atoms with Crippen LogP contribution in [0.4, 0.5) is 0 Å². The molecule has 0 unspecified atom stereocenters. The molecule has 0 saturated carbocycles. The molecule has 6 nitrogen and oxygen atoms in total. The summed E-state index contributed by atoms with van der Waals surface area (Å²) in [5.41, 5.74) is 2.47. The highest BCUT2D eigenvalue weighted by Crippen LogP contribution is 2.24. The molecule has 1 aliphatic rings. The van der Waals surface area contributed by atoms with Crippen LogP contribution < -0.4 is 5.56 Å². The number of rotatable bonds is 4. The number of nitrogens with zero attached hydrogens (tertiary/aromatic N) is 3. The number of imidazole rings is 1. The molecule has 0 atom stereocenters. The van der Waals surface area contributed by atoms with Crippen molar-refractivity contribution >= 4 is 23.4 Å². The van der Waals surface area contributed by atoms with Gasteiger partial charge in [-0.2, -0.15) is 0 Å². The van der Waals surface area contributed by atoms with Gasteiger partial charge in [0.1, 0.15) is 0 Å². The van der Waals surface area contributed by atoms with E-state index in [1.165, 1.54) is 11.8 Å². The molecule has 3 heterocycles. The minimum Gasteiger partial charge on any atom is -0.381 e. The van der Waals surface area contributed by atoms with Gasteiger partial charge in [0.05, 0.1) is 30.9 Å². The molecule has 1 N–H and O–H groups in total. The van der Waals surface area contributed by atoms with Crippen molar-refractivity contribution in [3.63, 3.8) is 0 Å². The fraction of sp³-hybridized carbons (Fsp3) is 0.500. The molecule has 0 aromatic carbocycles. The van der Waals surface area contributed by atoms with Gasteiger partial charge in [0.25, 0.3) is 5.56 Å². The Morgan fingerprint density at radius 1 is 1.45 bits per heavy atom. The topological polar surface area (TPSA) is 72.8 Å². The molecule has 118 valence electrons. The summed E-state index contributed by atoms with van der Waals surface area (Å²) in [6.07, 6.45) is 3.03. The van der Waals surface area contributed by atoms with Crippen LogP contribution in [0.15, 0.2) is 16.3 Å². The lowest BCUT2D eigenvalue weighted by Crippen LogP contribution is -2.18. The van der Waals surface area contributed by atoms with E-state index in [1.54, 1.807) is 6.33 Å². The number of hydrogen-bond donors (Lipinski definition) is 1. The SMILES string of the molecule is CCn1cnc(Cl)c1CSc1nc2c(c(=O)[nH]1)CCOCC2. The van der Waals surface area contributed by atoms with Crippen LogP contribution in [0.25, 0.3) is 0 Å². The molecular weight excluding hydrogens is 324 g/mol. The van der Waals surface area contributed by atoms with E-state index in [-0.39, 0.29) is 5.56 Å². The van der Waals surface area contributed by atoms with Crippen molar-refractivity contribution in [1.82, 2.24) is 19.5 Å². The molecule has 0 spiro atoms. The van der Waals surface area contributed by atoms with Crippen LogP contribution in [-0.2, 0) is 29.9 Å². The maximum atomic E-state index is 12.2. The molecule has 0 bridgehead atoms. The third kappa shape index (κ3) is 3.21. The maximum absolute atomic E-state index is 12.2. The van der Waals surface area contributed by atoms with Gasteiger partial charge in [-0.1, -0.05) is 23.4 Å². The molecule has 2 aromatic heterocycles. The quantitative estimate of drug-likeness (QED) is 0.681. The number of fused-ring (bicyclic) bond motifs is 1. The third-order valence-electron chi connectivity index (χ3n) is 3.64. The molecule has 8 heteroatoms. The summed E-state index contributed by atoms with van der Waals surface area (Å²) in [5.74, 6) is 0.616. The van der Waals surface area contributed by atoms with Gasteiger partial charge in [0, 0.05) is 30.7 Å². The highest BCUT2D eigenvalue weighted by atomic mass is 35.5. The van der Waals surface area contributed by atoms with Crippen molar-refractivity contribution < 1.29 is 4.74 Å². The van der Waals surface area contributed by atoms with Gasteiger partial charge >= 0.3 is 0 Å². The smallest absolute Gasteiger partial charge is 0.255 e. The number of hydrogen-bond acceptors (Lipinski definition) is 5. The lowest BCUT2D eigenvalue weighted by molar-refractivity contribution is 0.146. The summed E-state index contributed by atoms with van der Waals surface area (Å²) in [4.78, 5) is 23.7. The lowest BCUT2D eigenvalue weighted by atomic mass is 10.1. The van der Waals surface area contributed by atoms with Crippen LogP contribution in [0.1, 0.15) is 23.9 Å². The van der Waals surface area contributed by atoms with Crippen molar-refractivity contribution in [3.8, 4) is 0 Å². The third-order valence-corrected chi connectivity index (χ3v) is 4.84. The van der Waals surface area contributed by atoms with E-state index in [1.807, 2.05) is 11.5 Å². The Morgan fingerprint density at radius 3 is 3.09 bits per heavy atom. The molecule has 2 aromatic rings. The number of ether oxygens (including phenoxy) is 1. The van der Waals surface area contributed by atoms with Crippen LogP contribution in [-0.4, -0.2) is 32.7 Å². The van der Waals surface area contributed by atoms with E-state index in [2.05, 4.69) is 15.0 Å². The van der Waals surface area contributed by atoms with Gasteiger partial charge in [-0.25, -0.2) is 9.97 Å². The highest BCUT2D eigenvalue weighted by molar-refractivity contribution is 7.98. The first-order chi connectivity index (χ1) is 10.7. The van der Waals surface area contributed by atoms with E-state index in [9.17, 15) is 4.79 Å². The Hall–Kier alpha value is -1.31. The van der Waals surface area contributed by atoms with Crippen LogP contribution in [0.3, 0.4) is 0 Å². The van der Waals surface area contributed by atoms with Gasteiger partial charge < -0.3 is 14.3 Å². The number of nitrogens with one attached hydrogen (secondary N) is 1. The zero-order valence-electron chi connectivity index (χ0n) is 12.3. The number of H-pyrrole nitrogens is 1. The molecule has 0 fully saturated rings. The largest absolute Gasteiger partial charge is 0.381 e. The first-order valence-corrected chi connectivity index (χ1v) is 8.57. The summed E-state index contributed by atoms with van der Waals surface area (Å²) in [5, 5.41) is 1.12. The fourth-order valence-electron chi connectivity index (χ4n) is 2.43. The Kier molecular flexibility index (Phi) is 4.85. The van der Waals surface area contributed by atoms with Crippen LogP contribution in [0, 0.1) is 0 Å². The maximum Gasteiger partial charge on any atom is 0.255 e. The Morgan fingerprint density at radius 2 is 2.27 bits per heavy atom. The van der Waals surface area contributed by atoms with Gasteiger partial charge in [-0.3, -0.25) is 4.79 Å². The monoisotopic (exact) mass is 340 g/mol. The van der Waals surface area contributed by atoms with Crippen molar-refractivity contribution in [1.29, 1.82) is 0 Å². The zero-order chi connectivity index (χ0) is 15.5. The predicted octanol–water partition coefficient (Wildman–Crippen LogP) is 2.05. The average molecular weight is 341 g/mol. The summed E-state index contributed by atoms with van der Waals surface area (Å²) >= 11 is 7.57. The van der Waals surface area contributed by atoms with Crippen LogP contribution >= 0.6 is 23.4 Å². The Bertz CT molecular complexity index is 728. The van der Waals surface area contributed by atoms with Crippen molar-refractivity contribution in [2.45, 2.75) is 37.2 Å². The first kappa shape index (κ1) is 15.6. The molecule has 0 saturated heterocycles. The minimum absolute atomic E-state index is 0.0619. The number of aromatic nitrogens is 4. The van der Waals surface area contributed by atoms with Crippen LogP contribution in [0.2, 0.25) is 5.15 Å². The minimum atomic E-state index is -0.0619. The second-order valence-corrected chi connectivity index (χ2v) is 6.29. The average Bonchev–Trinajstić information content (AvgIpc) is 2.71. The second kappa shape index (κ2) is 6.85. The van der Waals surface area contributed by atoms with Gasteiger partial charge in [0.15, 0.2) is 10.3 Å². The summed E-state index contributed by atoms with van der Waals surface area (Å²) in [7, 11) is 0. The van der Waals surface area contributed by atoms with Gasteiger partial charge in [-0.15, -0.1) is 0 Å². The van der Waals surface area contributed by atoms with E-state index in [0.717, 1.165) is 23.5 Å². The normalized spacial score (nSPS) is 14.6. The van der Waals surface area contributed by atoms with Gasteiger partial charge in [0.2, 0.25) is 0 Å². The zero-order valence-corrected chi connectivity index (χ0v) is 13.8. The molecule has 22 heavy (non-hydrogen) atoms. The molecule has 0 amide bonds. The lowest BCUT2D eigenvalue weighted by Gasteiger charge is -2.08. The number of aryl methyl sites for hydroxylation is 1. The first-order valence-electron chi connectivity index (χ1n) is 7.21. The molecule has 1 aliphatic heterocycles. The summed E-state index contributed by atoms with van der Waals surface area (Å²) < 4.78 is 7.40. The molecule has 3 rings (SSSR count). The van der Waals surface area contributed by atoms with E-state index in [4.69, 9.17) is 16.3 Å².